The van der Waals surface area contributed by atoms with Crippen molar-refractivity contribution in [3.63, 3.8) is 0 Å². The van der Waals surface area contributed by atoms with Crippen molar-refractivity contribution < 1.29 is 17.7 Å². The average molecular weight is 282 g/mol. The lowest BCUT2D eigenvalue weighted by Gasteiger charge is -2.07. The molecule has 0 amide bonds. The number of ether oxygens (including phenoxy) is 1. The largest absolute Gasteiger partial charge is 0.494 e. The molecule has 102 valence electrons. The molecular weight excluding hydrogens is 268 g/mol. The summed E-state index contributed by atoms with van der Waals surface area (Å²) in [7, 11) is -3.64. The Morgan fingerprint density at radius 2 is 2.00 bits per heavy atom. The van der Waals surface area contributed by atoms with Crippen molar-refractivity contribution in [2.45, 2.75) is 18.7 Å². The van der Waals surface area contributed by atoms with E-state index in [4.69, 9.17) is 4.74 Å². The summed E-state index contributed by atoms with van der Waals surface area (Å²) in [6, 6.07) is 6.18. The van der Waals surface area contributed by atoms with E-state index in [1.54, 1.807) is 19.1 Å². The molecule has 19 heavy (non-hydrogen) atoms. The third-order valence-corrected chi connectivity index (χ3v) is 3.82. The highest BCUT2D eigenvalue weighted by Gasteiger charge is 2.16. The monoisotopic (exact) mass is 282 g/mol. The lowest BCUT2D eigenvalue weighted by molar-refractivity contribution is 0.340. The van der Waals surface area contributed by atoms with Gasteiger partial charge in [0.2, 0.25) is 0 Å². The van der Waals surface area contributed by atoms with E-state index >= 15 is 0 Å². The molecular formula is C12H14N2O4S. The molecule has 7 heteroatoms. The number of anilines is 1. The number of nitrogens with zero attached hydrogens (tertiary/aromatic N) is 1. The fourth-order valence-corrected chi connectivity index (χ4v) is 2.57. The van der Waals surface area contributed by atoms with Crippen LogP contribution >= 0.6 is 0 Å². The maximum Gasteiger partial charge on any atom is 0.262 e. The molecule has 0 radical (unpaired) electrons. The van der Waals surface area contributed by atoms with Gasteiger partial charge in [-0.3, -0.25) is 4.72 Å². The Bertz CT molecular complexity index is 647. The van der Waals surface area contributed by atoms with Crippen molar-refractivity contribution in [3.8, 4) is 5.75 Å². The predicted octanol–water partition coefficient (Wildman–Crippen LogP) is 2.18. The molecule has 1 aromatic heterocycles. The summed E-state index contributed by atoms with van der Waals surface area (Å²) in [5.41, 5.74) is 0.809. The second kappa shape index (κ2) is 5.31. The molecule has 0 spiro atoms. The van der Waals surface area contributed by atoms with Gasteiger partial charge in [-0.05, 0) is 38.1 Å². The van der Waals surface area contributed by atoms with E-state index in [9.17, 15) is 8.42 Å². The second-order valence-corrected chi connectivity index (χ2v) is 5.51. The van der Waals surface area contributed by atoms with Crippen LogP contribution in [0.1, 0.15) is 12.6 Å². The number of hydrogen-bond donors (Lipinski definition) is 1. The first-order chi connectivity index (χ1) is 9.03. The number of sulfonamides is 1. The van der Waals surface area contributed by atoms with E-state index in [1.807, 2.05) is 6.92 Å². The minimum atomic E-state index is -3.64. The molecule has 1 heterocycles. The second-order valence-electron chi connectivity index (χ2n) is 3.82. The molecule has 2 aromatic rings. The van der Waals surface area contributed by atoms with Gasteiger partial charge in [0.25, 0.3) is 10.0 Å². The number of nitrogens with one attached hydrogen (secondary N) is 1. The fraction of sp³-hybridized carbons (Fsp3) is 0.250. The molecule has 6 nitrogen and oxygen atoms in total. The Morgan fingerprint density at radius 1 is 1.32 bits per heavy atom. The SMILES string of the molecule is CCOc1ccc(S(=O)(=O)Nc2conc2C)cc1. The highest BCUT2D eigenvalue weighted by molar-refractivity contribution is 7.92. The van der Waals surface area contributed by atoms with E-state index < -0.39 is 10.0 Å². The quantitative estimate of drug-likeness (QED) is 0.909. The van der Waals surface area contributed by atoms with Crippen molar-refractivity contribution in [3.05, 3.63) is 36.2 Å². The molecule has 2 rings (SSSR count). The van der Waals surface area contributed by atoms with Crippen LogP contribution in [0.25, 0.3) is 0 Å². The minimum absolute atomic E-state index is 0.150. The summed E-state index contributed by atoms with van der Waals surface area (Å²) < 4.78 is 36.5. The summed E-state index contributed by atoms with van der Waals surface area (Å²) >= 11 is 0. The van der Waals surface area contributed by atoms with E-state index in [-0.39, 0.29) is 4.90 Å². The van der Waals surface area contributed by atoms with Crippen LogP contribution in [0.3, 0.4) is 0 Å². The van der Waals surface area contributed by atoms with Gasteiger partial charge in [0.1, 0.15) is 23.4 Å². The molecule has 0 aliphatic carbocycles. The van der Waals surface area contributed by atoms with Gasteiger partial charge in [-0.25, -0.2) is 8.42 Å². The van der Waals surface area contributed by atoms with Gasteiger partial charge in [-0.1, -0.05) is 5.16 Å². The number of benzene rings is 1. The van der Waals surface area contributed by atoms with E-state index in [1.165, 1.54) is 18.4 Å². The highest BCUT2D eigenvalue weighted by Crippen LogP contribution is 2.20. The number of rotatable bonds is 5. The molecule has 0 atom stereocenters. The molecule has 0 aliphatic rings. The molecule has 0 saturated heterocycles. The lowest BCUT2D eigenvalue weighted by Crippen LogP contribution is -2.13. The first-order valence-electron chi connectivity index (χ1n) is 5.69. The molecule has 1 aromatic carbocycles. The van der Waals surface area contributed by atoms with Gasteiger partial charge < -0.3 is 9.26 Å². The first kappa shape index (κ1) is 13.4. The molecule has 0 unspecified atom stereocenters. The Morgan fingerprint density at radius 3 is 2.53 bits per heavy atom. The minimum Gasteiger partial charge on any atom is -0.494 e. The average Bonchev–Trinajstić information content (AvgIpc) is 2.75. The summed E-state index contributed by atoms with van der Waals surface area (Å²) in [6.45, 7) is 4.05. The van der Waals surface area contributed by atoms with Gasteiger partial charge in [0.15, 0.2) is 0 Å². The third kappa shape index (κ3) is 3.05. The summed E-state index contributed by atoms with van der Waals surface area (Å²) in [5.74, 6) is 0.627. The molecule has 0 saturated carbocycles. The molecule has 0 fully saturated rings. The Balaban J connectivity index is 2.22. The fourth-order valence-electron chi connectivity index (χ4n) is 1.48. The van der Waals surface area contributed by atoms with Crippen molar-refractivity contribution >= 4 is 15.7 Å². The van der Waals surface area contributed by atoms with Crippen LogP contribution < -0.4 is 9.46 Å². The Kier molecular flexibility index (Phi) is 3.75. The van der Waals surface area contributed by atoms with Gasteiger partial charge in [0.05, 0.1) is 11.5 Å². The van der Waals surface area contributed by atoms with Crippen LogP contribution in [0.4, 0.5) is 5.69 Å². The van der Waals surface area contributed by atoms with E-state index in [2.05, 4.69) is 14.4 Å². The predicted molar refractivity (Wildman–Crippen MR) is 69.7 cm³/mol. The van der Waals surface area contributed by atoms with Crippen molar-refractivity contribution in [1.29, 1.82) is 0 Å². The topological polar surface area (TPSA) is 81.4 Å². The highest BCUT2D eigenvalue weighted by atomic mass is 32.2. The van der Waals surface area contributed by atoms with Gasteiger partial charge in [-0.2, -0.15) is 0 Å². The van der Waals surface area contributed by atoms with Gasteiger partial charge in [-0.15, -0.1) is 0 Å². The maximum absolute atomic E-state index is 12.1. The van der Waals surface area contributed by atoms with Crippen molar-refractivity contribution in [2.75, 3.05) is 11.3 Å². The van der Waals surface area contributed by atoms with Crippen LogP contribution in [-0.4, -0.2) is 20.2 Å². The van der Waals surface area contributed by atoms with Crippen LogP contribution in [0.2, 0.25) is 0 Å². The number of aryl methyl sites for hydroxylation is 1. The first-order valence-corrected chi connectivity index (χ1v) is 7.18. The maximum atomic E-state index is 12.1. The number of aromatic nitrogens is 1. The summed E-state index contributed by atoms with van der Waals surface area (Å²) in [6.07, 6.45) is 1.25. The van der Waals surface area contributed by atoms with Crippen molar-refractivity contribution in [2.24, 2.45) is 0 Å². The van der Waals surface area contributed by atoms with E-state index in [0.29, 0.717) is 23.7 Å². The Hall–Kier alpha value is -2.02. The molecule has 0 bridgehead atoms. The van der Waals surface area contributed by atoms with Gasteiger partial charge in [0, 0.05) is 0 Å². The summed E-state index contributed by atoms with van der Waals surface area (Å²) in [4.78, 5) is 0.150. The zero-order valence-electron chi connectivity index (χ0n) is 10.6. The van der Waals surface area contributed by atoms with Crippen LogP contribution in [0.15, 0.2) is 39.9 Å². The zero-order valence-corrected chi connectivity index (χ0v) is 11.4. The summed E-state index contributed by atoms with van der Waals surface area (Å²) in [5, 5.41) is 3.61. The Labute approximate surface area is 111 Å². The van der Waals surface area contributed by atoms with Crippen molar-refractivity contribution in [1.82, 2.24) is 5.16 Å². The zero-order chi connectivity index (χ0) is 13.9. The van der Waals surface area contributed by atoms with Crippen LogP contribution in [0.5, 0.6) is 5.75 Å². The van der Waals surface area contributed by atoms with E-state index in [0.717, 1.165) is 0 Å². The van der Waals surface area contributed by atoms with Gasteiger partial charge >= 0.3 is 0 Å². The van der Waals surface area contributed by atoms with Crippen LogP contribution in [-0.2, 0) is 10.0 Å². The number of hydrogen-bond acceptors (Lipinski definition) is 5. The third-order valence-electron chi connectivity index (χ3n) is 2.44. The normalized spacial score (nSPS) is 11.3. The molecule has 0 aliphatic heterocycles. The molecule has 1 N–H and O–H groups in total. The smallest absolute Gasteiger partial charge is 0.262 e. The van der Waals surface area contributed by atoms with Crippen LogP contribution in [0, 0.1) is 6.92 Å². The lowest BCUT2D eigenvalue weighted by atomic mass is 10.3. The standard InChI is InChI=1S/C12H14N2O4S/c1-3-17-10-4-6-11(7-5-10)19(15,16)14-12-8-18-13-9(12)2/h4-8,14H,3H2,1-2H3.